The fourth-order valence-electron chi connectivity index (χ4n) is 4.15. The van der Waals surface area contributed by atoms with E-state index < -0.39 is 12.0 Å². The van der Waals surface area contributed by atoms with Crippen LogP contribution in [-0.2, 0) is 9.53 Å². The van der Waals surface area contributed by atoms with Crippen molar-refractivity contribution in [1.82, 2.24) is 4.57 Å². The molecule has 0 radical (unpaired) electrons. The Bertz CT molecular complexity index is 1660. The van der Waals surface area contributed by atoms with E-state index >= 15 is 0 Å². The zero-order valence-corrected chi connectivity index (χ0v) is 21.5. The fraction of sp³-hybridized carbons (Fsp3) is 0.107. The van der Waals surface area contributed by atoms with Crippen LogP contribution in [0.4, 0.5) is 0 Å². The number of aromatic nitrogens is 1. The summed E-state index contributed by atoms with van der Waals surface area (Å²) in [4.78, 5) is 32.5. The molecule has 5 nitrogen and oxygen atoms in total. The maximum atomic E-state index is 13.8. The number of benzene rings is 3. The Morgan fingerprint density at radius 3 is 2.42 bits per heavy atom. The van der Waals surface area contributed by atoms with Crippen molar-refractivity contribution in [3.63, 3.8) is 0 Å². The SMILES string of the molecule is CCOC(=O)C1=C(c2ccccc2)N=c2s/c(=C\c3ccc(Cl)cc3Cl)c(=O)n2[C@H]1c1ccccc1. The van der Waals surface area contributed by atoms with Gasteiger partial charge in [0.2, 0.25) is 0 Å². The van der Waals surface area contributed by atoms with Crippen LogP contribution in [0.15, 0.2) is 94.2 Å². The summed E-state index contributed by atoms with van der Waals surface area (Å²) in [6.45, 7) is 1.95. The standard InChI is InChI=1S/C28H20Cl2N2O3S/c1-2-35-27(34)23-24(17-9-5-3-6-10-17)31-28-32(25(23)18-11-7-4-8-12-18)26(33)22(36-28)15-19-13-14-20(29)16-21(19)30/h3-16,25H,2H2,1H3/b22-15-/t25-/m0/s1. The van der Waals surface area contributed by atoms with Crippen molar-refractivity contribution in [2.75, 3.05) is 6.61 Å². The molecule has 36 heavy (non-hydrogen) atoms. The van der Waals surface area contributed by atoms with Gasteiger partial charge in [0.25, 0.3) is 5.56 Å². The summed E-state index contributed by atoms with van der Waals surface area (Å²) in [6.07, 6.45) is 1.72. The third-order valence-electron chi connectivity index (χ3n) is 5.74. The Labute approximate surface area is 221 Å². The number of carbonyl (C=O) groups excluding carboxylic acids is 1. The highest BCUT2D eigenvalue weighted by Crippen LogP contribution is 2.35. The number of fused-ring (bicyclic) bond motifs is 1. The molecule has 1 aromatic heterocycles. The molecule has 0 saturated carbocycles. The number of ether oxygens (including phenoxy) is 1. The van der Waals surface area contributed by atoms with Gasteiger partial charge in [0, 0.05) is 15.6 Å². The van der Waals surface area contributed by atoms with Gasteiger partial charge in [-0.25, -0.2) is 9.79 Å². The van der Waals surface area contributed by atoms with Gasteiger partial charge in [0.05, 0.1) is 28.5 Å². The van der Waals surface area contributed by atoms with Crippen molar-refractivity contribution in [2.45, 2.75) is 13.0 Å². The molecule has 2 heterocycles. The van der Waals surface area contributed by atoms with E-state index in [1.807, 2.05) is 60.7 Å². The van der Waals surface area contributed by atoms with Crippen molar-refractivity contribution in [3.05, 3.63) is 131 Å². The molecular weight excluding hydrogens is 515 g/mol. The van der Waals surface area contributed by atoms with Crippen LogP contribution in [0.2, 0.25) is 10.0 Å². The first kappa shape index (κ1) is 24.3. The van der Waals surface area contributed by atoms with Gasteiger partial charge in [-0.3, -0.25) is 9.36 Å². The van der Waals surface area contributed by atoms with E-state index in [4.69, 9.17) is 32.9 Å². The summed E-state index contributed by atoms with van der Waals surface area (Å²) in [5.74, 6) is -0.510. The van der Waals surface area contributed by atoms with E-state index in [0.717, 1.165) is 11.1 Å². The normalized spacial score (nSPS) is 15.4. The number of thiazole rings is 1. The number of esters is 1. The number of nitrogens with zero attached hydrogens (tertiary/aromatic N) is 2. The van der Waals surface area contributed by atoms with E-state index in [-0.39, 0.29) is 12.2 Å². The third-order valence-corrected chi connectivity index (χ3v) is 7.28. The van der Waals surface area contributed by atoms with Gasteiger partial charge in [-0.05, 0) is 36.3 Å². The topological polar surface area (TPSA) is 60.7 Å². The van der Waals surface area contributed by atoms with Crippen molar-refractivity contribution < 1.29 is 9.53 Å². The van der Waals surface area contributed by atoms with Gasteiger partial charge >= 0.3 is 5.97 Å². The predicted octanol–water partition coefficient (Wildman–Crippen LogP) is 5.24. The average molecular weight is 535 g/mol. The third kappa shape index (κ3) is 4.55. The minimum absolute atomic E-state index is 0.200. The Morgan fingerprint density at radius 1 is 1.06 bits per heavy atom. The lowest BCUT2D eigenvalue weighted by Crippen LogP contribution is -2.40. The maximum Gasteiger partial charge on any atom is 0.338 e. The second kappa shape index (κ2) is 10.3. The predicted molar refractivity (Wildman–Crippen MR) is 144 cm³/mol. The lowest BCUT2D eigenvalue weighted by molar-refractivity contribution is -0.138. The largest absolute Gasteiger partial charge is 0.463 e. The first-order valence-electron chi connectivity index (χ1n) is 11.3. The molecule has 180 valence electrons. The maximum absolute atomic E-state index is 13.8. The summed E-state index contributed by atoms with van der Waals surface area (Å²) < 4.78 is 7.47. The highest BCUT2D eigenvalue weighted by Gasteiger charge is 2.35. The first-order valence-corrected chi connectivity index (χ1v) is 12.8. The number of carbonyl (C=O) groups is 1. The van der Waals surface area contributed by atoms with Crippen LogP contribution in [0.1, 0.15) is 29.7 Å². The summed E-state index contributed by atoms with van der Waals surface area (Å²) in [6, 6.07) is 23.3. The second-order valence-electron chi connectivity index (χ2n) is 8.01. The minimum Gasteiger partial charge on any atom is -0.463 e. The number of halogens is 2. The Kier molecular flexibility index (Phi) is 6.92. The summed E-state index contributed by atoms with van der Waals surface area (Å²) in [7, 11) is 0. The van der Waals surface area contributed by atoms with E-state index in [1.54, 1.807) is 35.8 Å². The number of rotatable bonds is 5. The molecule has 3 aromatic carbocycles. The molecule has 8 heteroatoms. The zero-order valence-electron chi connectivity index (χ0n) is 19.2. The second-order valence-corrected chi connectivity index (χ2v) is 9.86. The van der Waals surface area contributed by atoms with Crippen molar-refractivity contribution >= 4 is 52.3 Å². The molecule has 0 aliphatic carbocycles. The van der Waals surface area contributed by atoms with Gasteiger partial charge in [0.15, 0.2) is 4.80 Å². The quantitative estimate of drug-likeness (QED) is 0.329. The molecule has 0 N–H and O–H groups in total. The van der Waals surface area contributed by atoms with E-state index in [2.05, 4.69) is 0 Å². The smallest absolute Gasteiger partial charge is 0.338 e. The molecule has 0 unspecified atom stereocenters. The molecule has 0 bridgehead atoms. The fourth-order valence-corrected chi connectivity index (χ4v) is 5.61. The van der Waals surface area contributed by atoms with Gasteiger partial charge in [-0.1, -0.05) is 101 Å². The molecule has 1 atom stereocenters. The Morgan fingerprint density at radius 2 is 1.75 bits per heavy atom. The Hall–Kier alpha value is -3.45. The van der Waals surface area contributed by atoms with E-state index in [1.165, 1.54) is 11.3 Å². The van der Waals surface area contributed by atoms with Gasteiger partial charge in [-0.15, -0.1) is 0 Å². The first-order chi connectivity index (χ1) is 17.5. The van der Waals surface area contributed by atoms with Crippen LogP contribution >= 0.6 is 34.5 Å². The zero-order chi connectivity index (χ0) is 25.2. The monoisotopic (exact) mass is 534 g/mol. The van der Waals surface area contributed by atoms with Crippen LogP contribution in [-0.4, -0.2) is 17.1 Å². The molecule has 1 aliphatic rings. The molecule has 0 fully saturated rings. The molecule has 0 amide bonds. The highest BCUT2D eigenvalue weighted by molar-refractivity contribution is 7.07. The molecule has 0 saturated heterocycles. The van der Waals surface area contributed by atoms with Crippen molar-refractivity contribution in [2.24, 2.45) is 4.99 Å². The van der Waals surface area contributed by atoms with Crippen LogP contribution in [0.25, 0.3) is 11.8 Å². The molecule has 0 spiro atoms. The molecule has 4 aromatic rings. The highest BCUT2D eigenvalue weighted by atomic mass is 35.5. The average Bonchev–Trinajstić information content (AvgIpc) is 3.20. The molecule has 5 rings (SSSR count). The summed E-state index contributed by atoms with van der Waals surface area (Å²) in [5.41, 5.74) is 2.74. The number of hydrogen-bond acceptors (Lipinski definition) is 5. The van der Waals surface area contributed by atoms with Crippen LogP contribution in [0, 0.1) is 0 Å². The van der Waals surface area contributed by atoms with Crippen LogP contribution in [0.3, 0.4) is 0 Å². The van der Waals surface area contributed by atoms with Crippen LogP contribution in [0.5, 0.6) is 0 Å². The summed E-state index contributed by atoms with van der Waals surface area (Å²) in [5, 5.41) is 0.944. The van der Waals surface area contributed by atoms with Gasteiger partial charge in [0.1, 0.15) is 0 Å². The lowest BCUT2D eigenvalue weighted by atomic mass is 9.93. The van der Waals surface area contributed by atoms with E-state index in [9.17, 15) is 9.59 Å². The Balaban J connectivity index is 1.83. The molecular formula is C28H20Cl2N2O3S. The van der Waals surface area contributed by atoms with Crippen LogP contribution < -0.4 is 14.9 Å². The van der Waals surface area contributed by atoms with Crippen molar-refractivity contribution in [1.29, 1.82) is 0 Å². The van der Waals surface area contributed by atoms with E-state index in [0.29, 0.717) is 36.2 Å². The summed E-state index contributed by atoms with van der Waals surface area (Å²) >= 11 is 13.7. The van der Waals surface area contributed by atoms with Crippen molar-refractivity contribution in [3.8, 4) is 0 Å². The number of hydrogen-bond donors (Lipinski definition) is 0. The lowest BCUT2D eigenvalue weighted by Gasteiger charge is -2.25. The van der Waals surface area contributed by atoms with Gasteiger partial charge in [-0.2, -0.15) is 0 Å². The van der Waals surface area contributed by atoms with Gasteiger partial charge < -0.3 is 4.74 Å². The molecule has 1 aliphatic heterocycles. The minimum atomic E-state index is -0.709.